The summed E-state index contributed by atoms with van der Waals surface area (Å²) in [5.74, 6) is -1.89. The second-order valence-corrected chi connectivity index (χ2v) is 5.72. The van der Waals surface area contributed by atoms with Crippen LogP contribution in [-0.2, 0) is 18.9 Å². The molecule has 4 atom stereocenters. The van der Waals surface area contributed by atoms with E-state index in [9.17, 15) is 10.2 Å². The average Bonchev–Trinajstić information content (AvgIpc) is 2.61. The fraction of sp³-hybridized carbons (Fsp3) is 1.00. The highest BCUT2D eigenvalue weighted by Crippen LogP contribution is 2.38. The smallest absolute Gasteiger partial charge is 0.190 e. The van der Waals surface area contributed by atoms with Crippen molar-refractivity contribution in [1.29, 1.82) is 0 Å². The lowest BCUT2D eigenvalue weighted by atomic mass is 10.1. The fourth-order valence-corrected chi connectivity index (χ4v) is 2.22. The van der Waals surface area contributed by atoms with Crippen molar-refractivity contribution in [2.75, 3.05) is 6.61 Å². The Bertz CT molecular complexity index is 297. The van der Waals surface area contributed by atoms with Crippen molar-refractivity contribution in [3.8, 4) is 0 Å². The lowest BCUT2D eigenvalue weighted by molar-refractivity contribution is -0.221. The second-order valence-electron chi connectivity index (χ2n) is 5.72. The Morgan fingerprint density at radius 3 is 2.50 bits per heavy atom. The van der Waals surface area contributed by atoms with Gasteiger partial charge in [0.1, 0.15) is 12.2 Å². The predicted octanol–water partition coefficient (Wildman–Crippen LogP) is 0.359. The molecule has 6 nitrogen and oxygen atoms in total. The SMILES string of the molecule is CC(C)(O)OCCC1OC2OC(C)(C)OC2C1O. The molecule has 6 heteroatoms. The van der Waals surface area contributed by atoms with E-state index in [1.54, 1.807) is 27.7 Å². The first-order chi connectivity index (χ1) is 8.18. The van der Waals surface area contributed by atoms with Gasteiger partial charge in [-0.2, -0.15) is 0 Å². The van der Waals surface area contributed by atoms with Gasteiger partial charge in [0, 0.05) is 0 Å². The van der Waals surface area contributed by atoms with Crippen LogP contribution in [0.5, 0.6) is 0 Å². The number of aliphatic hydroxyl groups is 2. The molecule has 0 aromatic heterocycles. The molecule has 0 saturated carbocycles. The Morgan fingerprint density at radius 2 is 1.94 bits per heavy atom. The molecule has 2 N–H and O–H groups in total. The summed E-state index contributed by atoms with van der Waals surface area (Å²) in [5, 5.41) is 19.5. The Kier molecular flexibility index (Phi) is 3.70. The zero-order valence-corrected chi connectivity index (χ0v) is 11.3. The first-order valence-electron chi connectivity index (χ1n) is 6.23. The first-order valence-corrected chi connectivity index (χ1v) is 6.23. The predicted molar refractivity (Wildman–Crippen MR) is 61.6 cm³/mol. The molecule has 2 rings (SSSR count). The maximum Gasteiger partial charge on any atom is 0.190 e. The molecule has 2 saturated heterocycles. The Balaban J connectivity index is 1.81. The maximum absolute atomic E-state index is 10.1. The zero-order valence-electron chi connectivity index (χ0n) is 11.3. The van der Waals surface area contributed by atoms with Gasteiger partial charge in [0.2, 0.25) is 0 Å². The molecule has 18 heavy (non-hydrogen) atoms. The van der Waals surface area contributed by atoms with Gasteiger partial charge in [-0.1, -0.05) is 0 Å². The number of fused-ring (bicyclic) bond motifs is 1. The molecule has 106 valence electrons. The summed E-state index contributed by atoms with van der Waals surface area (Å²) in [4.78, 5) is 0. The quantitative estimate of drug-likeness (QED) is 0.712. The molecule has 4 unspecified atom stereocenters. The van der Waals surface area contributed by atoms with Gasteiger partial charge in [-0.3, -0.25) is 0 Å². The highest BCUT2D eigenvalue weighted by atomic mass is 16.8. The van der Waals surface area contributed by atoms with E-state index < -0.39 is 36.2 Å². The monoisotopic (exact) mass is 262 g/mol. The molecule has 0 bridgehead atoms. The van der Waals surface area contributed by atoms with Crippen LogP contribution < -0.4 is 0 Å². The van der Waals surface area contributed by atoms with Crippen LogP contribution in [0.4, 0.5) is 0 Å². The lowest BCUT2D eigenvalue weighted by Crippen LogP contribution is -2.35. The Morgan fingerprint density at radius 1 is 1.28 bits per heavy atom. The highest BCUT2D eigenvalue weighted by Gasteiger charge is 2.53. The van der Waals surface area contributed by atoms with Crippen molar-refractivity contribution in [2.24, 2.45) is 0 Å². The van der Waals surface area contributed by atoms with E-state index in [1.165, 1.54) is 0 Å². The summed E-state index contributed by atoms with van der Waals surface area (Å²) in [6.07, 6.45) is -1.62. The third-order valence-electron chi connectivity index (χ3n) is 2.97. The van der Waals surface area contributed by atoms with Gasteiger partial charge in [-0.15, -0.1) is 0 Å². The van der Waals surface area contributed by atoms with Crippen molar-refractivity contribution in [2.45, 2.75) is 70.3 Å². The largest absolute Gasteiger partial charge is 0.387 e. The van der Waals surface area contributed by atoms with Gasteiger partial charge in [0.25, 0.3) is 0 Å². The van der Waals surface area contributed by atoms with Crippen LogP contribution in [0.25, 0.3) is 0 Å². The molecule has 2 heterocycles. The Labute approximate surface area is 107 Å². The molecule has 0 aromatic carbocycles. The van der Waals surface area contributed by atoms with Crippen LogP contribution in [0.1, 0.15) is 34.1 Å². The van der Waals surface area contributed by atoms with Crippen molar-refractivity contribution in [3.05, 3.63) is 0 Å². The third-order valence-corrected chi connectivity index (χ3v) is 2.97. The molecule has 2 aliphatic heterocycles. The summed E-state index contributed by atoms with van der Waals surface area (Å²) in [6, 6.07) is 0. The standard InChI is InChI=1S/C12H22O6/c1-11(2,14)15-6-5-7-8(13)9-10(16-7)18-12(3,4)17-9/h7-10,13-14H,5-6H2,1-4H3. The topological polar surface area (TPSA) is 77.4 Å². The molecule has 0 aromatic rings. The molecular weight excluding hydrogens is 240 g/mol. The van der Waals surface area contributed by atoms with E-state index in [0.717, 1.165) is 0 Å². The van der Waals surface area contributed by atoms with Gasteiger partial charge in [-0.05, 0) is 34.1 Å². The number of hydrogen-bond acceptors (Lipinski definition) is 6. The minimum Gasteiger partial charge on any atom is -0.387 e. The number of aliphatic hydroxyl groups excluding tert-OH is 1. The summed E-state index contributed by atoms with van der Waals surface area (Å²) in [6.45, 7) is 6.99. The van der Waals surface area contributed by atoms with E-state index in [2.05, 4.69) is 0 Å². The normalized spacial score (nSPS) is 39.0. The van der Waals surface area contributed by atoms with Crippen LogP contribution in [0, 0.1) is 0 Å². The van der Waals surface area contributed by atoms with Crippen LogP contribution >= 0.6 is 0 Å². The van der Waals surface area contributed by atoms with Gasteiger partial charge in [0.05, 0.1) is 12.7 Å². The summed E-state index contributed by atoms with van der Waals surface area (Å²) in [7, 11) is 0. The van der Waals surface area contributed by atoms with E-state index in [4.69, 9.17) is 18.9 Å². The van der Waals surface area contributed by atoms with E-state index in [-0.39, 0.29) is 0 Å². The van der Waals surface area contributed by atoms with Gasteiger partial charge >= 0.3 is 0 Å². The van der Waals surface area contributed by atoms with Crippen LogP contribution in [0.2, 0.25) is 0 Å². The first kappa shape index (κ1) is 14.2. The molecule has 0 spiro atoms. The summed E-state index contributed by atoms with van der Waals surface area (Å²) >= 11 is 0. The molecule has 0 amide bonds. The Hall–Kier alpha value is -0.240. The number of ether oxygens (including phenoxy) is 4. The van der Waals surface area contributed by atoms with Crippen molar-refractivity contribution < 1.29 is 29.2 Å². The van der Waals surface area contributed by atoms with E-state index in [0.29, 0.717) is 13.0 Å². The second kappa shape index (κ2) is 4.70. The minimum atomic E-state index is -1.17. The van der Waals surface area contributed by atoms with Gasteiger partial charge in [-0.25, -0.2) is 0 Å². The van der Waals surface area contributed by atoms with E-state index >= 15 is 0 Å². The van der Waals surface area contributed by atoms with Crippen molar-refractivity contribution in [3.63, 3.8) is 0 Å². The third kappa shape index (κ3) is 3.20. The van der Waals surface area contributed by atoms with Crippen LogP contribution in [0.15, 0.2) is 0 Å². The number of rotatable bonds is 4. The van der Waals surface area contributed by atoms with Gasteiger partial charge < -0.3 is 29.2 Å². The van der Waals surface area contributed by atoms with Crippen molar-refractivity contribution >= 4 is 0 Å². The molecular formula is C12H22O6. The van der Waals surface area contributed by atoms with Gasteiger partial charge in [0.15, 0.2) is 17.9 Å². The molecule has 0 aliphatic carbocycles. The van der Waals surface area contributed by atoms with Crippen molar-refractivity contribution in [1.82, 2.24) is 0 Å². The molecule has 0 radical (unpaired) electrons. The number of hydrogen-bond donors (Lipinski definition) is 2. The lowest BCUT2D eigenvalue weighted by Gasteiger charge is -2.24. The fourth-order valence-electron chi connectivity index (χ4n) is 2.22. The summed E-state index contributed by atoms with van der Waals surface area (Å²) < 4.78 is 21.9. The van der Waals surface area contributed by atoms with Crippen LogP contribution in [0.3, 0.4) is 0 Å². The highest BCUT2D eigenvalue weighted by molar-refractivity contribution is 4.92. The summed E-state index contributed by atoms with van der Waals surface area (Å²) in [5.41, 5.74) is 0. The average molecular weight is 262 g/mol. The zero-order chi connectivity index (χ0) is 13.6. The maximum atomic E-state index is 10.1. The molecule has 2 aliphatic rings. The minimum absolute atomic E-state index is 0.300. The molecule has 2 fully saturated rings. The van der Waals surface area contributed by atoms with E-state index in [1.807, 2.05) is 0 Å². The van der Waals surface area contributed by atoms with Crippen LogP contribution in [-0.4, -0.2) is 53.0 Å².